The first-order chi connectivity index (χ1) is 29.1. The number of nitrogens with one attached hydrogen (secondary N) is 3. The van der Waals surface area contributed by atoms with Gasteiger partial charge >= 0.3 is 12.4 Å². The van der Waals surface area contributed by atoms with Gasteiger partial charge in [0.15, 0.2) is 10.8 Å². The minimum Gasteiger partial charge on any atom is -0.492 e. The summed E-state index contributed by atoms with van der Waals surface area (Å²) < 4.78 is 90.6. The maximum absolute atomic E-state index is 14.4. The fraction of sp³-hybridized carbons (Fsp3) is 0.439. The molecule has 0 bridgehead atoms. The van der Waals surface area contributed by atoms with Gasteiger partial charge in [0.1, 0.15) is 36.0 Å². The Kier molecular flexibility index (Phi) is 13.2. The Morgan fingerprint density at radius 2 is 1.77 bits per heavy atom. The van der Waals surface area contributed by atoms with Gasteiger partial charge in [0.05, 0.1) is 24.0 Å². The van der Waals surface area contributed by atoms with Crippen LogP contribution in [0.3, 0.4) is 0 Å². The minimum absolute atomic E-state index is 0.0143. The normalized spacial score (nSPS) is 20.0. The van der Waals surface area contributed by atoms with Crippen molar-refractivity contribution < 1.29 is 50.3 Å². The number of piperazine rings is 1. The van der Waals surface area contributed by atoms with Gasteiger partial charge in [-0.2, -0.15) is 31.6 Å². The second kappa shape index (κ2) is 17.9. The maximum Gasteiger partial charge on any atom is 0.419 e. The van der Waals surface area contributed by atoms with Crippen LogP contribution >= 0.6 is 12.2 Å². The fourth-order valence-electron chi connectivity index (χ4n) is 7.56. The number of hydrogen-bond donors (Lipinski definition) is 3. The molecule has 2 unspecified atom stereocenters. The highest BCUT2D eigenvalue weighted by molar-refractivity contribution is 7.81. The molecule has 14 nitrogen and oxygen atoms in total. The van der Waals surface area contributed by atoms with Gasteiger partial charge < -0.3 is 20.3 Å². The molecule has 21 heteroatoms. The predicted octanol–water partition coefficient (Wildman–Crippen LogP) is 5.80. The van der Waals surface area contributed by atoms with Crippen LogP contribution in [0.15, 0.2) is 54.7 Å². The van der Waals surface area contributed by atoms with Crippen molar-refractivity contribution in [3.63, 3.8) is 0 Å². The molecule has 0 saturated carbocycles. The highest BCUT2D eigenvalue weighted by atomic mass is 32.1. The van der Waals surface area contributed by atoms with E-state index in [0.29, 0.717) is 34.4 Å². The standard InChI is InChI=1S/C41H43F6N9O5S/c1-23(2)28-17-26(56-38(62)55(37(60)39(56,3)4)27-18-29(40(42,43)44)31(19-48)49-20-27)8-10-32(28)61-15-14-53-12-13-54(33(21-53)41(45,46)47)22-35(58)51-25-7-5-6-24(16-25)50-30-9-11-34(57)52-36(30)59/h5-8,10,16-18,20,23,30,33,50H,9,11-15,21-22H2,1-4H3,(H,51,58)(H,52,57,59). The molecule has 3 saturated heterocycles. The van der Waals surface area contributed by atoms with Crippen molar-refractivity contribution in [1.82, 2.24) is 20.1 Å². The second-order valence-electron chi connectivity index (χ2n) is 15.8. The molecule has 2 atom stereocenters. The highest BCUT2D eigenvalue weighted by Crippen LogP contribution is 2.41. The van der Waals surface area contributed by atoms with E-state index in [4.69, 9.17) is 17.0 Å². The smallest absolute Gasteiger partial charge is 0.419 e. The van der Waals surface area contributed by atoms with Crippen molar-refractivity contribution in [2.24, 2.45) is 0 Å². The first-order valence-electron chi connectivity index (χ1n) is 19.5. The molecule has 2 aromatic carbocycles. The van der Waals surface area contributed by atoms with Crippen molar-refractivity contribution in [3.8, 4) is 11.8 Å². The molecule has 4 heterocycles. The second-order valence-corrected chi connectivity index (χ2v) is 16.2. The third-order valence-electron chi connectivity index (χ3n) is 10.8. The number of nitriles is 1. The summed E-state index contributed by atoms with van der Waals surface area (Å²) in [6.45, 7) is 6.27. The van der Waals surface area contributed by atoms with Gasteiger partial charge in [0.2, 0.25) is 17.7 Å². The number of piperidine rings is 1. The van der Waals surface area contributed by atoms with Crippen LogP contribution in [0, 0.1) is 11.3 Å². The number of carbonyl (C=O) groups excluding carboxylic acids is 4. The van der Waals surface area contributed by atoms with Crippen LogP contribution in [-0.2, 0) is 25.4 Å². The highest BCUT2D eigenvalue weighted by Gasteiger charge is 2.51. The molecular formula is C41H43F6N9O5S. The molecule has 1 aromatic heterocycles. The van der Waals surface area contributed by atoms with Crippen LogP contribution < -0.4 is 30.5 Å². The van der Waals surface area contributed by atoms with E-state index in [0.717, 1.165) is 16.0 Å². The molecule has 0 radical (unpaired) electrons. The summed E-state index contributed by atoms with van der Waals surface area (Å²) in [7, 11) is 0. The lowest BCUT2D eigenvalue weighted by molar-refractivity contribution is -0.197. The Hall–Kier alpha value is -5.85. The number of ether oxygens (including phenoxy) is 1. The maximum atomic E-state index is 14.4. The van der Waals surface area contributed by atoms with Crippen LogP contribution in [-0.4, -0.2) is 107 Å². The number of aromatic nitrogens is 1. The summed E-state index contributed by atoms with van der Waals surface area (Å²) >= 11 is 5.66. The van der Waals surface area contributed by atoms with Gasteiger partial charge in [0.25, 0.3) is 5.91 Å². The lowest BCUT2D eigenvalue weighted by atomic mass is 9.98. The van der Waals surface area contributed by atoms with Gasteiger partial charge in [-0.25, -0.2) is 4.98 Å². The summed E-state index contributed by atoms with van der Waals surface area (Å²) in [4.78, 5) is 59.1. The molecule has 0 aliphatic carbocycles. The molecule has 6 rings (SSSR count). The third-order valence-corrected chi connectivity index (χ3v) is 11.1. The van der Waals surface area contributed by atoms with Crippen molar-refractivity contribution in [2.75, 3.05) is 59.8 Å². The predicted molar refractivity (Wildman–Crippen MR) is 219 cm³/mol. The zero-order valence-corrected chi connectivity index (χ0v) is 34.8. The van der Waals surface area contributed by atoms with E-state index in [9.17, 15) is 50.8 Å². The molecule has 4 amide bonds. The molecule has 3 aromatic rings. The van der Waals surface area contributed by atoms with Gasteiger partial charge in [-0.1, -0.05) is 19.9 Å². The Bertz CT molecular complexity index is 2300. The van der Waals surface area contributed by atoms with E-state index in [-0.39, 0.29) is 61.7 Å². The largest absolute Gasteiger partial charge is 0.492 e. The van der Waals surface area contributed by atoms with Crippen molar-refractivity contribution >= 4 is 63.7 Å². The average molecular weight is 888 g/mol. The van der Waals surface area contributed by atoms with Crippen LogP contribution in [0.25, 0.3) is 0 Å². The summed E-state index contributed by atoms with van der Waals surface area (Å²) in [5, 5.41) is 16.9. The molecule has 3 fully saturated rings. The molecule has 62 heavy (non-hydrogen) atoms. The van der Waals surface area contributed by atoms with Crippen molar-refractivity contribution in [2.45, 2.75) is 76.4 Å². The van der Waals surface area contributed by atoms with Gasteiger partial charge in [-0.15, -0.1) is 0 Å². The van der Waals surface area contributed by atoms with Gasteiger partial charge in [-0.3, -0.25) is 39.2 Å². The Morgan fingerprint density at radius 3 is 2.44 bits per heavy atom. The number of rotatable bonds is 12. The van der Waals surface area contributed by atoms with Crippen LogP contribution in [0.5, 0.6) is 5.75 Å². The topological polar surface area (TPSA) is 163 Å². The van der Waals surface area contributed by atoms with E-state index in [2.05, 4.69) is 20.9 Å². The zero-order valence-electron chi connectivity index (χ0n) is 34.0. The molecule has 0 spiro atoms. The zero-order chi connectivity index (χ0) is 45.3. The number of carbonyl (C=O) groups is 4. The lowest BCUT2D eigenvalue weighted by Crippen LogP contribution is -2.60. The average Bonchev–Trinajstić information content (AvgIpc) is 3.37. The van der Waals surface area contributed by atoms with Gasteiger partial charge in [-0.05, 0) is 86.4 Å². The Labute approximate surface area is 358 Å². The first kappa shape index (κ1) is 45.7. The number of benzene rings is 2. The molecular weight excluding hydrogens is 845 g/mol. The number of nitrogens with zero attached hydrogens (tertiary/aromatic N) is 6. The van der Waals surface area contributed by atoms with E-state index >= 15 is 0 Å². The SMILES string of the molecule is CC(C)c1cc(N2C(=S)N(c3cnc(C#N)c(C(F)(F)F)c3)C(=O)C2(C)C)ccc1OCCN1CCN(CC(=O)Nc2cccc(NC3CCC(=O)NC3=O)c2)C(C(F)(F)F)C1. The van der Waals surface area contributed by atoms with Crippen molar-refractivity contribution in [3.05, 3.63) is 71.5 Å². The molecule has 3 aliphatic rings. The monoisotopic (exact) mass is 887 g/mol. The molecule has 3 aliphatic heterocycles. The quantitative estimate of drug-likeness (QED) is 0.114. The van der Waals surface area contributed by atoms with Crippen LogP contribution in [0.1, 0.15) is 63.3 Å². The van der Waals surface area contributed by atoms with Gasteiger partial charge in [0, 0.05) is 49.7 Å². The lowest BCUT2D eigenvalue weighted by Gasteiger charge is -2.41. The summed E-state index contributed by atoms with van der Waals surface area (Å²) in [6, 6.07) is 10.8. The summed E-state index contributed by atoms with van der Waals surface area (Å²) in [5.74, 6) is -1.85. The number of anilines is 4. The molecule has 3 N–H and O–H groups in total. The Morgan fingerprint density at radius 1 is 1.05 bits per heavy atom. The number of alkyl halides is 6. The number of halogens is 6. The molecule has 330 valence electrons. The van der Waals surface area contributed by atoms with Crippen LogP contribution in [0.4, 0.5) is 49.1 Å². The fourth-order valence-corrected chi connectivity index (χ4v) is 8.09. The number of thiocarbonyl (C=S) groups is 1. The van der Waals surface area contributed by atoms with E-state index in [1.54, 1.807) is 61.2 Å². The Balaban J connectivity index is 1.08. The van der Waals surface area contributed by atoms with Crippen molar-refractivity contribution in [1.29, 1.82) is 5.26 Å². The summed E-state index contributed by atoms with van der Waals surface area (Å²) in [5.41, 5.74) is -1.87. The van der Waals surface area contributed by atoms with E-state index < -0.39 is 72.0 Å². The minimum atomic E-state index is -4.92. The number of amides is 4. The number of imide groups is 1. The summed E-state index contributed by atoms with van der Waals surface area (Å²) in [6.07, 6.45) is -8.13. The van der Waals surface area contributed by atoms with E-state index in [1.807, 2.05) is 13.8 Å². The number of hydrogen-bond acceptors (Lipinski definition) is 11. The number of pyridine rings is 1. The third kappa shape index (κ3) is 9.92. The van der Waals surface area contributed by atoms with E-state index in [1.165, 1.54) is 11.0 Å². The first-order valence-corrected chi connectivity index (χ1v) is 20.0. The van der Waals surface area contributed by atoms with Crippen LogP contribution in [0.2, 0.25) is 0 Å².